The van der Waals surface area contributed by atoms with Crippen molar-refractivity contribution >= 4 is 34.4 Å². The lowest BCUT2D eigenvalue weighted by atomic mass is 9.81. The second-order valence-corrected chi connectivity index (χ2v) is 7.28. The van der Waals surface area contributed by atoms with Crippen molar-refractivity contribution in [3.05, 3.63) is 65.2 Å². The van der Waals surface area contributed by atoms with Crippen LogP contribution in [0, 0.1) is 5.92 Å². The van der Waals surface area contributed by atoms with Crippen molar-refractivity contribution in [2.75, 3.05) is 13.7 Å². The fourth-order valence-corrected chi connectivity index (χ4v) is 3.79. The van der Waals surface area contributed by atoms with E-state index in [0.29, 0.717) is 17.9 Å². The minimum absolute atomic E-state index is 0.314. The summed E-state index contributed by atoms with van der Waals surface area (Å²) in [5, 5.41) is 3.20. The Bertz CT molecular complexity index is 1100. The van der Waals surface area contributed by atoms with Gasteiger partial charge in [0.1, 0.15) is 5.76 Å². The van der Waals surface area contributed by atoms with Crippen molar-refractivity contribution in [3.8, 4) is 0 Å². The molecule has 6 heteroatoms. The topological polar surface area (TPSA) is 81.4 Å². The molecule has 1 aromatic carbocycles. The van der Waals surface area contributed by atoms with E-state index in [-0.39, 0.29) is 12.5 Å². The van der Waals surface area contributed by atoms with Crippen molar-refractivity contribution in [1.29, 1.82) is 0 Å². The number of allylic oxidation sites excluding steroid dienone is 1. The zero-order valence-corrected chi connectivity index (χ0v) is 16.4. The summed E-state index contributed by atoms with van der Waals surface area (Å²) in [4.78, 5) is 29.4. The average Bonchev–Trinajstić information content (AvgIpc) is 3.23. The molecule has 0 unspecified atom stereocenters. The van der Waals surface area contributed by atoms with Gasteiger partial charge in [-0.05, 0) is 54.2 Å². The zero-order chi connectivity index (χ0) is 20.4. The highest BCUT2D eigenvalue weighted by Gasteiger charge is 2.29. The first-order valence-corrected chi connectivity index (χ1v) is 9.60. The van der Waals surface area contributed by atoms with Crippen LogP contribution < -0.4 is 5.32 Å². The molecule has 0 radical (unpaired) electrons. The van der Waals surface area contributed by atoms with E-state index in [4.69, 9.17) is 14.1 Å². The van der Waals surface area contributed by atoms with E-state index in [2.05, 4.69) is 12.2 Å². The van der Waals surface area contributed by atoms with Crippen LogP contribution in [0.4, 0.5) is 0 Å². The van der Waals surface area contributed by atoms with Crippen LogP contribution >= 0.6 is 0 Å². The van der Waals surface area contributed by atoms with E-state index >= 15 is 0 Å². The van der Waals surface area contributed by atoms with E-state index in [9.17, 15) is 9.59 Å². The van der Waals surface area contributed by atoms with Crippen LogP contribution in [0.15, 0.2) is 47.1 Å². The van der Waals surface area contributed by atoms with Crippen molar-refractivity contribution in [1.82, 2.24) is 10.3 Å². The van der Waals surface area contributed by atoms with Gasteiger partial charge in [-0.1, -0.05) is 25.1 Å². The lowest BCUT2D eigenvalue weighted by Gasteiger charge is -2.26. The van der Waals surface area contributed by atoms with E-state index in [1.165, 1.54) is 7.05 Å². The van der Waals surface area contributed by atoms with Gasteiger partial charge in [-0.3, -0.25) is 4.79 Å². The van der Waals surface area contributed by atoms with Crippen molar-refractivity contribution in [2.45, 2.75) is 19.8 Å². The fourth-order valence-electron chi connectivity index (χ4n) is 3.79. The molecule has 1 amide bonds. The van der Waals surface area contributed by atoms with Gasteiger partial charge < -0.3 is 14.5 Å². The number of carbonyl (C=O) groups excluding carboxylic acids is 2. The highest BCUT2D eigenvalue weighted by atomic mass is 16.5. The fraction of sp³-hybridized carbons (Fsp3) is 0.261. The molecule has 0 fully saturated rings. The van der Waals surface area contributed by atoms with Gasteiger partial charge in [-0.25, -0.2) is 9.78 Å². The van der Waals surface area contributed by atoms with Gasteiger partial charge in [0.2, 0.25) is 0 Å². The first kappa shape index (κ1) is 18.9. The molecule has 0 saturated heterocycles. The summed E-state index contributed by atoms with van der Waals surface area (Å²) in [7, 11) is 1.51. The maximum Gasteiger partial charge on any atom is 0.339 e. The molecule has 0 aliphatic heterocycles. The molecule has 1 atom stereocenters. The van der Waals surface area contributed by atoms with E-state index in [1.807, 2.05) is 42.5 Å². The molecule has 2 aromatic heterocycles. The number of likely N-dealkylation sites (N-methyl/N-ethyl adjacent to an activating group) is 1. The summed E-state index contributed by atoms with van der Waals surface area (Å²) in [6, 6.07) is 11.3. The molecule has 6 nitrogen and oxygen atoms in total. The smallest absolute Gasteiger partial charge is 0.339 e. The Morgan fingerprint density at radius 2 is 2.07 bits per heavy atom. The lowest BCUT2D eigenvalue weighted by molar-refractivity contribution is -0.123. The molecule has 2 heterocycles. The number of amides is 1. The maximum atomic E-state index is 13.0. The van der Waals surface area contributed by atoms with Crippen LogP contribution in [0.2, 0.25) is 0 Å². The molecular weight excluding hydrogens is 368 g/mol. The van der Waals surface area contributed by atoms with Crippen molar-refractivity contribution < 1.29 is 18.7 Å². The zero-order valence-electron chi connectivity index (χ0n) is 16.4. The maximum absolute atomic E-state index is 13.0. The Hall–Kier alpha value is -3.41. The molecule has 4 rings (SSSR count). The molecule has 1 N–H and O–H groups in total. The number of carbonyl (C=O) groups is 2. The van der Waals surface area contributed by atoms with Gasteiger partial charge in [0, 0.05) is 12.4 Å². The van der Waals surface area contributed by atoms with Gasteiger partial charge in [-0.2, -0.15) is 0 Å². The molecule has 29 heavy (non-hydrogen) atoms. The van der Waals surface area contributed by atoms with Gasteiger partial charge in [0.05, 0.1) is 23.0 Å². The van der Waals surface area contributed by atoms with Crippen LogP contribution in [-0.4, -0.2) is 30.5 Å². The number of nitrogens with one attached hydrogen (secondary N) is 1. The largest absolute Gasteiger partial charge is 0.465 e. The number of rotatable bonds is 4. The predicted molar refractivity (Wildman–Crippen MR) is 110 cm³/mol. The first-order chi connectivity index (χ1) is 14.1. The van der Waals surface area contributed by atoms with Crippen molar-refractivity contribution in [2.24, 2.45) is 5.92 Å². The third kappa shape index (κ3) is 3.78. The lowest BCUT2D eigenvalue weighted by Crippen LogP contribution is -2.26. The van der Waals surface area contributed by atoms with E-state index < -0.39 is 5.97 Å². The highest BCUT2D eigenvalue weighted by Crippen LogP contribution is 2.38. The first-order valence-electron chi connectivity index (χ1n) is 9.60. The van der Waals surface area contributed by atoms with Gasteiger partial charge >= 0.3 is 5.97 Å². The third-order valence-corrected chi connectivity index (χ3v) is 5.10. The van der Waals surface area contributed by atoms with E-state index in [1.54, 1.807) is 6.26 Å². The number of esters is 1. The van der Waals surface area contributed by atoms with Crippen LogP contribution in [0.1, 0.15) is 40.7 Å². The van der Waals surface area contributed by atoms with Crippen LogP contribution in [-0.2, 0) is 16.0 Å². The molecule has 0 bridgehead atoms. The number of aromatic nitrogens is 1. The number of furan rings is 1. The number of ether oxygens (including phenoxy) is 1. The molecule has 148 valence electrons. The summed E-state index contributed by atoms with van der Waals surface area (Å²) in [6.45, 7) is 1.83. The average molecular weight is 390 g/mol. The quantitative estimate of drug-likeness (QED) is 0.684. The summed E-state index contributed by atoms with van der Waals surface area (Å²) in [6.07, 6.45) is 5.17. The number of hydrogen-bond acceptors (Lipinski definition) is 5. The van der Waals surface area contributed by atoms with E-state index in [0.717, 1.165) is 39.9 Å². The second-order valence-electron chi connectivity index (χ2n) is 7.28. The molecular formula is C23H22N2O4. The van der Waals surface area contributed by atoms with Gasteiger partial charge in [0.15, 0.2) is 6.61 Å². The summed E-state index contributed by atoms with van der Waals surface area (Å²) >= 11 is 0. The van der Waals surface area contributed by atoms with Crippen LogP contribution in [0.25, 0.3) is 22.6 Å². The van der Waals surface area contributed by atoms with Crippen LogP contribution in [0.5, 0.6) is 0 Å². The molecule has 0 saturated carbocycles. The van der Waals surface area contributed by atoms with Crippen LogP contribution in [0.3, 0.4) is 0 Å². The Morgan fingerprint density at radius 1 is 1.24 bits per heavy atom. The minimum Gasteiger partial charge on any atom is -0.465 e. The van der Waals surface area contributed by atoms with Gasteiger partial charge in [0.25, 0.3) is 5.91 Å². The molecule has 1 aliphatic carbocycles. The molecule has 3 aromatic rings. The Labute approximate surface area is 168 Å². The highest BCUT2D eigenvalue weighted by molar-refractivity contribution is 6.07. The number of hydrogen-bond donors (Lipinski definition) is 1. The molecule has 0 spiro atoms. The minimum atomic E-state index is -0.505. The number of nitrogens with zero attached hydrogens (tertiary/aromatic N) is 1. The standard InChI is InChI=1S/C23H22N2O4/c1-14-10-15(12-16-6-5-9-28-16)22-18(11-14)21(23(27)29-13-20(26)24-2)17-7-3-4-8-19(17)25-22/h3-9,12,14H,10-11,13H2,1-2H3,(H,24,26)/t14-/m1/s1. The second kappa shape index (κ2) is 7.91. The Morgan fingerprint density at radius 3 is 2.83 bits per heavy atom. The number of benzene rings is 1. The normalized spacial score (nSPS) is 17.2. The summed E-state index contributed by atoms with van der Waals surface area (Å²) < 4.78 is 10.8. The monoisotopic (exact) mass is 390 g/mol. The summed E-state index contributed by atoms with van der Waals surface area (Å²) in [5.41, 5.74) is 3.90. The SMILES string of the molecule is CNC(=O)COC(=O)c1c2c(nc3ccccc13)C(=Cc1ccco1)C[C@@H](C)C2. The number of para-hydroxylation sites is 1. The number of pyridine rings is 1. The van der Waals surface area contributed by atoms with Crippen molar-refractivity contribution in [3.63, 3.8) is 0 Å². The summed E-state index contributed by atoms with van der Waals surface area (Å²) in [5.74, 6) is 0.225. The predicted octanol–water partition coefficient (Wildman–Crippen LogP) is 3.85. The molecule has 1 aliphatic rings. The third-order valence-electron chi connectivity index (χ3n) is 5.10. The Kier molecular flexibility index (Phi) is 5.16. The Balaban J connectivity index is 1.87. The number of fused-ring (bicyclic) bond motifs is 2. The van der Waals surface area contributed by atoms with Gasteiger partial charge in [-0.15, -0.1) is 0 Å².